The van der Waals surface area contributed by atoms with Gasteiger partial charge in [-0.2, -0.15) is 0 Å². The van der Waals surface area contributed by atoms with Gasteiger partial charge in [0.1, 0.15) is 11.4 Å². The van der Waals surface area contributed by atoms with Crippen LogP contribution in [0, 0.1) is 0 Å². The van der Waals surface area contributed by atoms with Crippen LogP contribution in [0.4, 0.5) is 29.7 Å². The van der Waals surface area contributed by atoms with Crippen LogP contribution in [0.3, 0.4) is 0 Å². The summed E-state index contributed by atoms with van der Waals surface area (Å²) in [6.45, 7) is 2.42. The van der Waals surface area contributed by atoms with E-state index in [4.69, 9.17) is 11.6 Å². The Bertz CT molecular complexity index is 1080. The van der Waals surface area contributed by atoms with Gasteiger partial charge in [0.15, 0.2) is 5.13 Å². The van der Waals surface area contributed by atoms with Crippen LogP contribution >= 0.6 is 22.9 Å². The van der Waals surface area contributed by atoms with E-state index in [0.717, 1.165) is 5.69 Å². The van der Waals surface area contributed by atoms with E-state index >= 15 is 0 Å². The molecule has 0 bridgehead atoms. The summed E-state index contributed by atoms with van der Waals surface area (Å²) in [5.41, 5.74) is 1.80. The molecule has 4 rings (SSSR count). The van der Waals surface area contributed by atoms with E-state index in [1.807, 2.05) is 24.3 Å². The Morgan fingerprint density at radius 2 is 1.75 bits per heavy atom. The van der Waals surface area contributed by atoms with E-state index in [1.54, 1.807) is 10.3 Å². The number of aromatic nitrogens is 1. The van der Waals surface area contributed by atoms with Crippen molar-refractivity contribution in [2.75, 3.05) is 36.4 Å². The normalized spacial score (nSPS) is 14.4. The fourth-order valence-corrected chi connectivity index (χ4v) is 4.27. The molecule has 1 fully saturated rings. The highest BCUT2D eigenvalue weighted by Gasteiger charge is 2.31. The number of amides is 1. The third kappa shape index (κ3) is 5.43. The Hall–Kier alpha value is -2.98. The number of benzene rings is 2. The quantitative estimate of drug-likeness (QED) is 0.527. The van der Waals surface area contributed by atoms with Crippen molar-refractivity contribution in [2.45, 2.75) is 6.36 Å². The topological polar surface area (TPSA) is 57.7 Å². The minimum absolute atomic E-state index is 0.165. The molecule has 11 heteroatoms. The van der Waals surface area contributed by atoms with Gasteiger partial charge < -0.3 is 19.9 Å². The number of anilines is 3. The number of hydrogen-bond donors (Lipinski definition) is 1. The molecule has 1 aliphatic heterocycles. The molecule has 2 aromatic carbocycles. The van der Waals surface area contributed by atoms with Crippen LogP contribution in [0.2, 0.25) is 5.02 Å². The van der Waals surface area contributed by atoms with Gasteiger partial charge in [-0.25, -0.2) is 4.98 Å². The van der Waals surface area contributed by atoms with Crippen LogP contribution in [0.25, 0.3) is 0 Å². The maximum absolute atomic E-state index is 12.8. The second kappa shape index (κ2) is 9.25. The number of carbonyl (C=O) groups is 1. The Labute approximate surface area is 191 Å². The third-order valence-electron chi connectivity index (χ3n) is 4.82. The Balaban J connectivity index is 1.34. The minimum Gasteiger partial charge on any atom is -0.406 e. The van der Waals surface area contributed by atoms with Gasteiger partial charge in [-0.1, -0.05) is 23.7 Å². The molecule has 168 valence electrons. The second-order valence-electron chi connectivity index (χ2n) is 6.97. The molecular weight excluding hydrogens is 465 g/mol. The van der Waals surface area contributed by atoms with Crippen molar-refractivity contribution in [1.29, 1.82) is 0 Å². The molecule has 2 heterocycles. The molecule has 0 unspecified atom stereocenters. The Morgan fingerprint density at radius 3 is 2.41 bits per heavy atom. The summed E-state index contributed by atoms with van der Waals surface area (Å²) in [6, 6.07) is 12.9. The van der Waals surface area contributed by atoms with E-state index in [9.17, 15) is 18.0 Å². The highest BCUT2D eigenvalue weighted by atomic mass is 35.5. The first-order valence-corrected chi connectivity index (χ1v) is 10.9. The molecule has 0 aliphatic carbocycles. The van der Waals surface area contributed by atoms with Crippen LogP contribution in [-0.4, -0.2) is 48.3 Å². The predicted octanol–water partition coefficient (Wildman–Crippen LogP) is 5.40. The van der Waals surface area contributed by atoms with Crippen molar-refractivity contribution in [3.63, 3.8) is 0 Å². The van der Waals surface area contributed by atoms with Gasteiger partial charge >= 0.3 is 6.36 Å². The van der Waals surface area contributed by atoms with Crippen LogP contribution in [0.5, 0.6) is 5.75 Å². The van der Waals surface area contributed by atoms with E-state index in [1.165, 1.54) is 35.6 Å². The standard InChI is InChI=1S/C21H18ClF3N4O2S/c22-16-3-1-2-4-18(16)28-9-11-29(12-10-28)19(30)17-13-32-20(27-17)26-14-5-7-15(8-6-14)31-21(23,24)25/h1-8,13H,9-12H2,(H,26,27). The monoisotopic (exact) mass is 482 g/mol. The maximum atomic E-state index is 12.8. The second-order valence-corrected chi connectivity index (χ2v) is 8.23. The summed E-state index contributed by atoms with van der Waals surface area (Å²) < 4.78 is 40.6. The number of alkyl halides is 3. The number of nitrogens with one attached hydrogen (secondary N) is 1. The van der Waals surface area contributed by atoms with Crippen molar-refractivity contribution >= 4 is 45.4 Å². The molecular formula is C21H18ClF3N4O2S. The summed E-state index contributed by atoms with van der Waals surface area (Å²) in [6.07, 6.45) is -4.74. The summed E-state index contributed by atoms with van der Waals surface area (Å²) >= 11 is 7.51. The average Bonchev–Trinajstić information content (AvgIpc) is 3.23. The molecule has 1 aromatic heterocycles. The van der Waals surface area contributed by atoms with Gasteiger partial charge in [0.2, 0.25) is 0 Å². The lowest BCUT2D eigenvalue weighted by atomic mass is 10.2. The van der Waals surface area contributed by atoms with Crippen LogP contribution in [0.15, 0.2) is 53.9 Å². The van der Waals surface area contributed by atoms with E-state index in [-0.39, 0.29) is 11.7 Å². The lowest BCUT2D eigenvalue weighted by Gasteiger charge is -2.36. The van der Waals surface area contributed by atoms with Gasteiger partial charge in [0, 0.05) is 37.2 Å². The number of nitrogens with zero attached hydrogens (tertiary/aromatic N) is 3. The molecule has 1 N–H and O–H groups in total. The number of ether oxygens (including phenoxy) is 1. The van der Waals surface area contributed by atoms with Crippen molar-refractivity contribution in [2.24, 2.45) is 0 Å². The zero-order valence-corrected chi connectivity index (χ0v) is 18.2. The largest absolute Gasteiger partial charge is 0.573 e. The number of halogens is 4. The molecule has 32 heavy (non-hydrogen) atoms. The summed E-state index contributed by atoms with van der Waals surface area (Å²) in [5.74, 6) is -0.476. The molecule has 3 aromatic rings. The fourth-order valence-electron chi connectivity index (χ4n) is 3.31. The Morgan fingerprint density at radius 1 is 1.06 bits per heavy atom. The molecule has 0 saturated carbocycles. The number of thiazole rings is 1. The summed E-state index contributed by atoms with van der Waals surface area (Å²) in [5, 5.41) is 5.79. The van der Waals surface area contributed by atoms with Crippen LogP contribution < -0.4 is 15.0 Å². The molecule has 0 radical (unpaired) electrons. The fraction of sp³-hybridized carbons (Fsp3) is 0.238. The zero-order chi connectivity index (χ0) is 22.7. The lowest BCUT2D eigenvalue weighted by Crippen LogP contribution is -2.49. The van der Waals surface area contributed by atoms with Gasteiger partial charge in [-0.3, -0.25) is 4.79 Å². The molecule has 1 amide bonds. The number of hydrogen-bond acceptors (Lipinski definition) is 6. The lowest BCUT2D eigenvalue weighted by molar-refractivity contribution is -0.274. The van der Waals surface area contributed by atoms with Crippen LogP contribution in [0.1, 0.15) is 10.5 Å². The number of carbonyl (C=O) groups excluding carboxylic acids is 1. The van der Waals surface area contributed by atoms with Gasteiger partial charge in [-0.05, 0) is 36.4 Å². The van der Waals surface area contributed by atoms with Gasteiger partial charge in [-0.15, -0.1) is 24.5 Å². The van der Waals surface area contributed by atoms with Crippen molar-refractivity contribution in [1.82, 2.24) is 9.88 Å². The molecule has 0 spiro atoms. The molecule has 1 saturated heterocycles. The van der Waals surface area contributed by atoms with E-state index in [2.05, 4.69) is 19.9 Å². The van der Waals surface area contributed by atoms with E-state index in [0.29, 0.717) is 47.7 Å². The number of rotatable bonds is 5. The van der Waals surface area contributed by atoms with Crippen molar-refractivity contribution in [3.05, 3.63) is 64.6 Å². The first-order chi connectivity index (χ1) is 15.3. The summed E-state index contributed by atoms with van der Waals surface area (Å²) in [4.78, 5) is 21.0. The van der Waals surface area contributed by atoms with Crippen molar-refractivity contribution < 1.29 is 22.7 Å². The smallest absolute Gasteiger partial charge is 0.406 e. The minimum atomic E-state index is -4.74. The first kappa shape index (κ1) is 22.2. The SMILES string of the molecule is O=C(c1csc(Nc2ccc(OC(F)(F)F)cc2)n1)N1CCN(c2ccccc2Cl)CC1. The van der Waals surface area contributed by atoms with E-state index < -0.39 is 6.36 Å². The third-order valence-corrected chi connectivity index (χ3v) is 5.90. The highest BCUT2D eigenvalue weighted by Crippen LogP contribution is 2.28. The molecule has 0 atom stereocenters. The number of piperazine rings is 1. The maximum Gasteiger partial charge on any atom is 0.573 e. The predicted molar refractivity (Wildman–Crippen MR) is 118 cm³/mol. The van der Waals surface area contributed by atoms with Gasteiger partial charge in [0.05, 0.1) is 10.7 Å². The number of para-hydroxylation sites is 1. The highest BCUT2D eigenvalue weighted by molar-refractivity contribution is 7.14. The molecule has 1 aliphatic rings. The summed E-state index contributed by atoms with van der Waals surface area (Å²) in [7, 11) is 0. The first-order valence-electron chi connectivity index (χ1n) is 9.65. The van der Waals surface area contributed by atoms with Gasteiger partial charge in [0.25, 0.3) is 5.91 Å². The average molecular weight is 483 g/mol. The Kier molecular flexibility index (Phi) is 6.43. The zero-order valence-electron chi connectivity index (χ0n) is 16.6. The molecule has 6 nitrogen and oxygen atoms in total. The van der Waals surface area contributed by atoms with Crippen LogP contribution in [-0.2, 0) is 0 Å². The van der Waals surface area contributed by atoms with Crippen molar-refractivity contribution in [3.8, 4) is 5.75 Å².